The maximum absolute atomic E-state index is 13.2. The van der Waals surface area contributed by atoms with Gasteiger partial charge >= 0.3 is 0 Å². The summed E-state index contributed by atoms with van der Waals surface area (Å²) in [5.74, 6) is 0.947. The third-order valence-electron chi connectivity index (χ3n) is 8.59. The van der Waals surface area contributed by atoms with Crippen molar-refractivity contribution in [3.8, 4) is 0 Å². The summed E-state index contributed by atoms with van der Waals surface area (Å²) in [6, 6.07) is 56.3. The monoisotopic (exact) mass is 589 g/mol. The number of hydrogen-bond donors (Lipinski definition) is 0. The molecule has 1 aromatic heterocycles. The lowest BCUT2D eigenvalue weighted by atomic mass is 9.13. The number of benzene rings is 6. The summed E-state index contributed by atoms with van der Waals surface area (Å²) in [7, 11) is 0. The molecule has 208 valence electrons. The Morgan fingerprint density at radius 2 is 1.02 bits per heavy atom. The molecule has 6 aromatic carbocycles. The van der Waals surface area contributed by atoms with Gasteiger partial charge in [-0.1, -0.05) is 127 Å². The number of rotatable bonds is 8. The van der Waals surface area contributed by atoms with E-state index in [0.29, 0.717) is 0 Å². The van der Waals surface area contributed by atoms with Crippen LogP contribution in [0.5, 0.6) is 0 Å². The predicted molar refractivity (Wildman–Crippen MR) is 190 cm³/mol. The molecule has 1 nitrogen and oxygen atoms in total. The molecule has 0 amide bonds. The Balaban J connectivity index is 1.18. The number of thioether (sulfide) groups is 1. The van der Waals surface area contributed by atoms with Gasteiger partial charge in [0.25, 0.3) is 0 Å². The zero-order chi connectivity index (χ0) is 29.1. The quantitative estimate of drug-likeness (QED) is 0.107. The van der Waals surface area contributed by atoms with Crippen LogP contribution in [0.3, 0.4) is 0 Å². The molecular formula is C39H30BOS2-. The van der Waals surface area contributed by atoms with Crippen LogP contribution >= 0.6 is 23.1 Å². The van der Waals surface area contributed by atoms with E-state index >= 15 is 0 Å². The maximum Gasteiger partial charge on any atom is 0.195 e. The molecule has 4 heteroatoms. The summed E-state index contributed by atoms with van der Waals surface area (Å²) in [6.07, 6.45) is -0.402. The highest BCUT2D eigenvalue weighted by Crippen LogP contribution is 2.28. The lowest BCUT2D eigenvalue weighted by molar-refractivity contribution is 1.16. The standard InChI is InChI=1S/C39H30BOS2/c41-39-35-18-10-11-19-37(35)43-38-25-24-34(28-36(38)39)42-27-26-29-20-22-33(23-21-29)40(30-12-4-1-5-13-30,31-14-6-2-7-15-31)32-16-8-3-9-17-32/h1-25,28H,26-27H2/q-1. The van der Waals surface area contributed by atoms with Crippen molar-refractivity contribution in [3.05, 3.63) is 174 Å². The van der Waals surface area contributed by atoms with Crippen LogP contribution in [0.25, 0.3) is 20.2 Å². The second-order valence-electron chi connectivity index (χ2n) is 11.0. The Kier molecular flexibility index (Phi) is 7.72. The molecule has 0 spiro atoms. The van der Waals surface area contributed by atoms with Crippen LogP contribution in [0, 0.1) is 0 Å². The van der Waals surface area contributed by atoms with Gasteiger partial charge in [0.2, 0.25) is 0 Å². The average Bonchev–Trinajstić information content (AvgIpc) is 3.08. The molecule has 0 aliphatic rings. The van der Waals surface area contributed by atoms with E-state index in [9.17, 15) is 4.79 Å². The molecule has 0 aliphatic heterocycles. The fourth-order valence-corrected chi connectivity index (χ4v) is 8.50. The van der Waals surface area contributed by atoms with E-state index in [-0.39, 0.29) is 5.43 Å². The van der Waals surface area contributed by atoms with Crippen LogP contribution in [0.2, 0.25) is 0 Å². The molecule has 0 saturated carbocycles. The van der Waals surface area contributed by atoms with Crippen molar-refractivity contribution in [2.24, 2.45) is 0 Å². The van der Waals surface area contributed by atoms with Gasteiger partial charge < -0.3 is 0 Å². The predicted octanol–water partition coefficient (Wildman–Crippen LogP) is 7.13. The van der Waals surface area contributed by atoms with Crippen molar-refractivity contribution in [2.45, 2.75) is 11.3 Å². The van der Waals surface area contributed by atoms with Crippen molar-refractivity contribution < 1.29 is 0 Å². The summed E-state index contributed by atoms with van der Waals surface area (Å²) in [6.45, 7) is 0. The lowest BCUT2D eigenvalue weighted by Gasteiger charge is -2.44. The fraction of sp³-hybridized carbons (Fsp3) is 0.0513. The number of hydrogen-bond acceptors (Lipinski definition) is 3. The highest BCUT2D eigenvalue weighted by Gasteiger charge is 2.31. The van der Waals surface area contributed by atoms with Gasteiger partial charge in [0.15, 0.2) is 5.43 Å². The molecule has 0 radical (unpaired) electrons. The highest BCUT2D eigenvalue weighted by atomic mass is 32.2. The van der Waals surface area contributed by atoms with Gasteiger partial charge in [0.1, 0.15) is 6.15 Å². The third-order valence-corrected chi connectivity index (χ3v) is 10.7. The van der Waals surface area contributed by atoms with E-state index in [2.05, 4.69) is 133 Å². The summed E-state index contributed by atoms with van der Waals surface area (Å²) in [5.41, 5.74) is 6.69. The summed E-state index contributed by atoms with van der Waals surface area (Å²) < 4.78 is 2.09. The average molecular weight is 590 g/mol. The summed E-state index contributed by atoms with van der Waals surface area (Å²) >= 11 is 3.50. The van der Waals surface area contributed by atoms with Crippen molar-refractivity contribution in [2.75, 3.05) is 5.75 Å². The SMILES string of the molecule is O=c1c2ccccc2sc2ccc(SCCc3ccc([B-](c4ccccc4)(c4ccccc4)c4ccccc4)cc3)cc12. The molecule has 7 rings (SSSR count). The van der Waals surface area contributed by atoms with E-state index in [1.165, 1.54) is 27.4 Å². The second-order valence-corrected chi connectivity index (χ2v) is 13.3. The zero-order valence-electron chi connectivity index (χ0n) is 23.7. The molecule has 0 fully saturated rings. The molecule has 0 atom stereocenters. The number of fused-ring (bicyclic) bond motifs is 2. The van der Waals surface area contributed by atoms with Crippen LogP contribution in [-0.4, -0.2) is 11.9 Å². The van der Waals surface area contributed by atoms with Crippen molar-refractivity contribution in [1.29, 1.82) is 0 Å². The largest absolute Gasteiger partial charge is 0.289 e. The van der Waals surface area contributed by atoms with Crippen LogP contribution < -0.4 is 27.3 Å². The molecule has 7 aromatic rings. The van der Waals surface area contributed by atoms with Gasteiger partial charge in [0.05, 0.1) is 0 Å². The van der Waals surface area contributed by atoms with Crippen LogP contribution in [-0.2, 0) is 6.42 Å². The summed E-state index contributed by atoms with van der Waals surface area (Å²) in [5, 5.41) is 1.63. The van der Waals surface area contributed by atoms with Gasteiger partial charge in [-0.3, -0.25) is 4.79 Å². The zero-order valence-corrected chi connectivity index (χ0v) is 25.4. The van der Waals surface area contributed by atoms with E-state index in [1.54, 1.807) is 11.3 Å². The van der Waals surface area contributed by atoms with Crippen molar-refractivity contribution in [1.82, 2.24) is 0 Å². The fourth-order valence-electron chi connectivity index (χ4n) is 6.51. The topological polar surface area (TPSA) is 17.1 Å². The first-order valence-corrected chi connectivity index (χ1v) is 16.5. The highest BCUT2D eigenvalue weighted by molar-refractivity contribution is 7.99. The molecule has 0 saturated heterocycles. The lowest BCUT2D eigenvalue weighted by Crippen LogP contribution is -2.74. The van der Waals surface area contributed by atoms with Crippen LogP contribution in [0.1, 0.15) is 5.56 Å². The van der Waals surface area contributed by atoms with Gasteiger partial charge in [-0.15, -0.1) is 23.1 Å². The Bertz CT molecular complexity index is 1960. The molecule has 0 aliphatic carbocycles. The van der Waals surface area contributed by atoms with Gasteiger partial charge in [0, 0.05) is 30.8 Å². The Morgan fingerprint density at radius 3 is 1.63 bits per heavy atom. The Morgan fingerprint density at radius 1 is 0.512 bits per heavy atom. The molecule has 1 heterocycles. The van der Waals surface area contributed by atoms with E-state index in [0.717, 1.165) is 37.2 Å². The first kappa shape index (κ1) is 27.5. The van der Waals surface area contributed by atoms with Crippen LogP contribution in [0.4, 0.5) is 0 Å². The number of aryl methyl sites for hydroxylation is 1. The van der Waals surface area contributed by atoms with Gasteiger partial charge in [-0.05, 0) is 42.3 Å². The molecule has 43 heavy (non-hydrogen) atoms. The first-order valence-electron chi connectivity index (χ1n) is 14.7. The second kappa shape index (κ2) is 12.1. The minimum Gasteiger partial charge on any atom is -0.289 e. The third kappa shape index (κ3) is 5.22. The molecular weight excluding hydrogens is 559 g/mol. The van der Waals surface area contributed by atoms with Crippen molar-refractivity contribution >= 4 is 71.3 Å². The minimum absolute atomic E-state index is 0.128. The normalized spacial score (nSPS) is 11.6. The maximum atomic E-state index is 13.2. The van der Waals surface area contributed by atoms with E-state index in [1.807, 2.05) is 36.0 Å². The smallest absolute Gasteiger partial charge is 0.195 e. The Labute approximate surface area is 260 Å². The Hall–Kier alpha value is -4.38. The van der Waals surface area contributed by atoms with Gasteiger partial charge in [-0.25, -0.2) is 0 Å². The van der Waals surface area contributed by atoms with E-state index < -0.39 is 6.15 Å². The molecule has 0 N–H and O–H groups in total. The van der Waals surface area contributed by atoms with Crippen LogP contribution in [0.15, 0.2) is 167 Å². The molecule has 0 bridgehead atoms. The van der Waals surface area contributed by atoms with Gasteiger partial charge in [-0.2, -0.15) is 21.9 Å². The van der Waals surface area contributed by atoms with E-state index in [4.69, 9.17) is 0 Å². The minimum atomic E-state index is -1.36. The first-order chi connectivity index (χ1) is 21.2. The van der Waals surface area contributed by atoms with Crippen molar-refractivity contribution in [3.63, 3.8) is 0 Å². The molecule has 0 unspecified atom stereocenters. The summed E-state index contributed by atoms with van der Waals surface area (Å²) in [4.78, 5) is 14.3.